The van der Waals surface area contributed by atoms with Crippen molar-refractivity contribution in [1.29, 1.82) is 5.26 Å². The summed E-state index contributed by atoms with van der Waals surface area (Å²) in [5.74, 6) is -1.95. The number of alkyl carbamates (subject to hydrolysis) is 1. The van der Waals surface area contributed by atoms with E-state index in [4.69, 9.17) is 9.47 Å². The van der Waals surface area contributed by atoms with E-state index in [9.17, 15) is 24.4 Å². The predicted octanol–water partition coefficient (Wildman–Crippen LogP) is 5.40. The Hall–Kier alpha value is -4.39. The number of amides is 3. The van der Waals surface area contributed by atoms with Crippen LogP contribution in [0.15, 0.2) is 54.6 Å². The van der Waals surface area contributed by atoms with Crippen molar-refractivity contribution in [2.75, 3.05) is 6.54 Å². The maximum absolute atomic E-state index is 14.3. The van der Waals surface area contributed by atoms with Crippen LogP contribution >= 0.6 is 0 Å². The summed E-state index contributed by atoms with van der Waals surface area (Å²) < 4.78 is 11.1. The van der Waals surface area contributed by atoms with Crippen molar-refractivity contribution < 1.29 is 28.7 Å². The Morgan fingerprint density at radius 2 is 1.42 bits per heavy atom. The number of hydrogen-bond acceptors (Lipinski definition) is 7. The second-order valence-electron chi connectivity index (χ2n) is 13.5. The van der Waals surface area contributed by atoms with Crippen LogP contribution in [0.25, 0.3) is 0 Å². The number of carbonyl (C=O) groups excluding carboxylic acids is 4. The van der Waals surface area contributed by atoms with Gasteiger partial charge in [0.1, 0.15) is 35.9 Å². The molecule has 45 heavy (non-hydrogen) atoms. The predicted molar refractivity (Wildman–Crippen MR) is 172 cm³/mol. The molecule has 2 rings (SSSR count). The Labute approximate surface area is 267 Å². The zero-order valence-corrected chi connectivity index (χ0v) is 28.0. The monoisotopic (exact) mass is 620 g/mol. The van der Waals surface area contributed by atoms with Crippen LogP contribution in [-0.2, 0) is 30.3 Å². The Morgan fingerprint density at radius 3 is 1.96 bits per heavy atom. The largest absolute Gasteiger partial charge is 0.458 e. The number of ether oxygens (including phenoxy) is 2. The van der Waals surface area contributed by atoms with E-state index in [1.807, 2.05) is 50.2 Å². The lowest BCUT2D eigenvalue weighted by Gasteiger charge is -2.35. The van der Waals surface area contributed by atoms with E-state index in [0.717, 1.165) is 10.5 Å². The molecule has 0 aliphatic rings. The molecule has 0 fully saturated rings. The van der Waals surface area contributed by atoms with Gasteiger partial charge >= 0.3 is 12.1 Å². The number of nitriles is 1. The summed E-state index contributed by atoms with van der Waals surface area (Å²) in [7, 11) is 0. The van der Waals surface area contributed by atoms with E-state index >= 15 is 0 Å². The number of carbonyl (C=O) groups is 4. The van der Waals surface area contributed by atoms with Crippen LogP contribution in [0.1, 0.15) is 84.5 Å². The molecule has 0 aromatic heterocycles. The van der Waals surface area contributed by atoms with E-state index in [0.29, 0.717) is 11.1 Å². The van der Waals surface area contributed by atoms with E-state index in [1.165, 1.54) is 0 Å². The number of benzene rings is 2. The van der Waals surface area contributed by atoms with Crippen molar-refractivity contribution in [3.8, 4) is 6.07 Å². The summed E-state index contributed by atoms with van der Waals surface area (Å²) in [6.07, 6.45) is -0.413. The fourth-order valence-corrected chi connectivity index (χ4v) is 4.73. The van der Waals surface area contributed by atoms with Crippen molar-refractivity contribution in [2.45, 2.75) is 104 Å². The summed E-state index contributed by atoms with van der Waals surface area (Å²) in [5.41, 5.74) is 0.352. The van der Waals surface area contributed by atoms with Crippen LogP contribution in [0.3, 0.4) is 0 Å². The molecule has 10 nitrogen and oxygen atoms in total. The average Bonchev–Trinajstić information content (AvgIpc) is 2.91. The molecule has 3 amide bonds. The highest BCUT2D eigenvalue weighted by Crippen LogP contribution is 2.27. The zero-order valence-electron chi connectivity index (χ0n) is 28.0. The first-order chi connectivity index (χ1) is 20.9. The van der Waals surface area contributed by atoms with Crippen molar-refractivity contribution in [2.24, 2.45) is 5.92 Å². The Morgan fingerprint density at radius 1 is 0.844 bits per heavy atom. The Kier molecular flexibility index (Phi) is 13.1. The highest BCUT2D eigenvalue weighted by molar-refractivity contribution is 5.94. The lowest BCUT2D eigenvalue weighted by molar-refractivity contribution is -0.159. The average molecular weight is 621 g/mol. The van der Waals surface area contributed by atoms with E-state index in [1.54, 1.807) is 72.7 Å². The van der Waals surface area contributed by atoms with Crippen LogP contribution in [0.4, 0.5) is 4.79 Å². The van der Waals surface area contributed by atoms with Gasteiger partial charge in [0.25, 0.3) is 0 Å². The third-order valence-corrected chi connectivity index (χ3v) is 6.55. The summed E-state index contributed by atoms with van der Waals surface area (Å²) >= 11 is 0. The fraction of sp³-hybridized carbons (Fsp3) is 0.514. The Bertz CT molecular complexity index is 1350. The molecule has 3 atom stereocenters. The molecule has 0 aliphatic carbocycles. The lowest BCUT2D eigenvalue weighted by atomic mass is 9.96. The number of aryl methyl sites for hydroxylation is 1. The molecular formula is C35H48N4O6. The van der Waals surface area contributed by atoms with Crippen molar-refractivity contribution >= 4 is 23.9 Å². The van der Waals surface area contributed by atoms with Gasteiger partial charge in [-0.3, -0.25) is 9.59 Å². The van der Waals surface area contributed by atoms with Crippen molar-refractivity contribution in [3.63, 3.8) is 0 Å². The van der Waals surface area contributed by atoms with Gasteiger partial charge in [0.15, 0.2) is 0 Å². The number of rotatable bonds is 12. The van der Waals surface area contributed by atoms with Gasteiger partial charge in [-0.25, -0.2) is 9.59 Å². The highest BCUT2D eigenvalue weighted by Gasteiger charge is 2.39. The molecular weight excluding hydrogens is 572 g/mol. The minimum Gasteiger partial charge on any atom is -0.458 e. The maximum atomic E-state index is 14.3. The maximum Gasteiger partial charge on any atom is 0.408 e. The minimum atomic E-state index is -1.30. The second-order valence-corrected chi connectivity index (χ2v) is 13.5. The molecule has 0 spiro atoms. The first kappa shape index (κ1) is 36.8. The third-order valence-electron chi connectivity index (χ3n) is 6.55. The quantitative estimate of drug-likeness (QED) is 0.239. The van der Waals surface area contributed by atoms with Crippen molar-refractivity contribution in [3.05, 3.63) is 71.3 Å². The lowest BCUT2D eigenvalue weighted by Crippen LogP contribution is -2.55. The molecule has 0 heterocycles. The van der Waals surface area contributed by atoms with Crippen LogP contribution in [-0.4, -0.2) is 58.6 Å². The molecule has 0 radical (unpaired) electrons. The van der Waals surface area contributed by atoms with Gasteiger partial charge in [0.2, 0.25) is 11.8 Å². The number of esters is 1. The molecule has 0 bridgehead atoms. The molecule has 244 valence electrons. The summed E-state index contributed by atoms with van der Waals surface area (Å²) in [6.45, 7) is 15.5. The molecule has 0 aliphatic heterocycles. The van der Waals surface area contributed by atoms with Gasteiger partial charge in [-0.2, -0.15) is 5.26 Å². The normalized spacial score (nSPS) is 13.5. The smallest absolute Gasteiger partial charge is 0.408 e. The second kappa shape index (κ2) is 16.1. The topological polar surface area (TPSA) is 138 Å². The van der Waals surface area contributed by atoms with Crippen LogP contribution < -0.4 is 10.6 Å². The minimum absolute atomic E-state index is 0.0222. The Balaban J connectivity index is 2.59. The molecule has 2 aromatic rings. The zero-order chi connectivity index (χ0) is 33.9. The fourth-order valence-electron chi connectivity index (χ4n) is 4.73. The number of nitrogens with zero attached hydrogens (tertiary/aromatic N) is 2. The molecule has 3 unspecified atom stereocenters. The van der Waals surface area contributed by atoms with Gasteiger partial charge in [-0.05, 0) is 77.5 Å². The van der Waals surface area contributed by atoms with Gasteiger partial charge in [0.05, 0.1) is 6.07 Å². The first-order valence-corrected chi connectivity index (χ1v) is 15.2. The SMILES string of the molecule is Cc1ccccc1C(C(=O)NC(Cc1ccccc1)C(=O)OC(C)(C)C)N(CC#N)C(=O)C(CC(C)C)NC(=O)OC(C)(C)C. The van der Waals surface area contributed by atoms with E-state index in [-0.39, 0.29) is 18.8 Å². The van der Waals surface area contributed by atoms with Crippen LogP contribution in [0.2, 0.25) is 0 Å². The molecule has 2 aromatic carbocycles. The molecule has 2 N–H and O–H groups in total. The molecule has 0 saturated carbocycles. The first-order valence-electron chi connectivity index (χ1n) is 15.2. The van der Waals surface area contributed by atoms with E-state index in [2.05, 4.69) is 10.6 Å². The van der Waals surface area contributed by atoms with E-state index < -0.39 is 59.7 Å². The molecule has 10 heteroatoms. The number of nitrogens with one attached hydrogen (secondary N) is 2. The standard InChI is InChI=1S/C35H48N4O6/c1-23(2)21-27(38-33(43)45-35(7,8)9)31(41)39(20-19-36)29(26-18-14-13-15-24(26)3)30(40)37-28(32(42)44-34(4,5)6)22-25-16-11-10-12-17-25/h10-18,23,27-29H,20-22H2,1-9H3,(H,37,40)(H,38,43). The van der Waals surface area contributed by atoms with Crippen LogP contribution in [0.5, 0.6) is 0 Å². The highest BCUT2D eigenvalue weighted by atomic mass is 16.6. The van der Waals surface area contributed by atoms with Gasteiger partial charge in [-0.1, -0.05) is 68.4 Å². The van der Waals surface area contributed by atoms with Crippen molar-refractivity contribution in [1.82, 2.24) is 15.5 Å². The van der Waals surface area contributed by atoms with Crippen LogP contribution in [0, 0.1) is 24.2 Å². The summed E-state index contributed by atoms with van der Waals surface area (Å²) in [6, 6.07) is 14.8. The number of hydrogen-bond donors (Lipinski definition) is 2. The van der Waals surface area contributed by atoms with Gasteiger partial charge in [0, 0.05) is 6.42 Å². The van der Waals surface area contributed by atoms with Gasteiger partial charge < -0.3 is 25.0 Å². The van der Waals surface area contributed by atoms with Gasteiger partial charge in [-0.15, -0.1) is 0 Å². The third kappa shape index (κ3) is 12.3. The molecule has 0 saturated heterocycles. The summed E-state index contributed by atoms with van der Waals surface area (Å²) in [4.78, 5) is 55.8. The summed E-state index contributed by atoms with van der Waals surface area (Å²) in [5, 5.41) is 15.3.